The molecule has 0 aliphatic heterocycles. The van der Waals surface area contributed by atoms with Gasteiger partial charge in [-0.2, -0.15) is 11.3 Å². The zero-order valence-corrected chi connectivity index (χ0v) is 16.3. The molecule has 0 fully saturated rings. The van der Waals surface area contributed by atoms with Crippen LogP contribution in [-0.2, 0) is 6.42 Å². The molecule has 0 radical (unpaired) electrons. The molecule has 3 rings (SSSR count). The Bertz CT molecular complexity index is 675. The number of carbonyl (C=O) groups is 1. The summed E-state index contributed by atoms with van der Waals surface area (Å²) in [6.45, 7) is 0.601. The van der Waals surface area contributed by atoms with Gasteiger partial charge in [0, 0.05) is 6.54 Å². The van der Waals surface area contributed by atoms with Gasteiger partial charge in [-0.1, -0.05) is 24.3 Å². The maximum atomic E-state index is 12.4. The standard InChI is InChI=1S/C19H25N3OS.ClH/c1-22(2)18(15-10-11-24-13-15)12-20-19(23)21-17-9-5-7-14-6-3-4-8-16(14)17;/h3-4,6,8,10-11,13,17-18H,5,7,9,12H2,1-2H3,(H2,20,21,23);1H. The molecule has 0 saturated heterocycles. The molecule has 6 heteroatoms. The number of nitrogens with zero attached hydrogens (tertiary/aromatic N) is 1. The lowest BCUT2D eigenvalue weighted by Crippen LogP contribution is -2.42. The number of likely N-dealkylation sites (N-methyl/N-ethyl adjacent to an activating group) is 1. The Morgan fingerprint density at radius 2 is 2.12 bits per heavy atom. The molecule has 1 aliphatic rings. The number of fused-ring (bicyclic) bond motifs is 1. The summed E-state index contributed by atoms with van der Waals surface area (Å²) in [6, 6.07) is 10.8. The monoisotopic (exact) mass is 379 g/mol. The number of aryl methyl sites for hydroxylation is 1. The Kier molecular flexibility index (Phi) is 7.29. The summed E-state index contributed by atoms with van der Waals surface area (Å²) in [6.07, 6.45) is 3.24. The van der Waals surface area contributed by atoms with Crippen LogP contribution in [0.4, 0.5) is 4.79 Å². The van der Waals surface area contributed by atoms with Crippen LogP contribution in [-0.4, -0.2) is 31.6 Å². The fraction of sp³-hybridized carbons (Fsp3) is 0.421. The number of halogens is 1. The molecule has 2 N–H and O–H groups in total. The molecular formula is C19H26ClN3OS. The van der Waals surface area contributed by atoms with Crippen LogP contribution in [0.5, 0.6) is 0 Å². The number of thiophene rings is 1. The predicted molar refractivity (Wildman–Crippen MR) is 107 cm³/mol. The molecule has 0 spiro atoms. The minimum absolute atomic E-state index is 0. The van der Waals surface area contributed by atoms with E-state index in [1.54, 1.807) is 11.3 Å². The zero-order chi connectivity index (χ0) is 16.9. The Labute approximate surface area is 160 Å². The summed E-state index contributed by atoms with van der Waals surface area (Å²) < 4.78 is 0. The van der Waals surface area contributed by atoms with E-state index in [0.29, 0.717) is 6.54 Å². The van der Waals surface area contributed by atoms with E-state index < -0.39 is 0 Å². The molecule has 2 unspecified atom stereocenters. The van der Waals surface area contributed by atoms with Crippen molar-refractivity contribution in [1.82, 2.24) is 15.5 Å². The largest absolute Gasteiger partial charge is 0.336 e. The third kappa shape index (κ3) is 4.97. The quantitative estimate of drug-likeness (QED) is 0.819. The highest BCUT2D eigenvalue weighted by molar-refractivity contribution is 7.07. The van der Waals surface area contributed by atoms with Gasteiger partial charge >= 0.3 is 6.03 Å². The summed E-state index contributed by atoms with van der Waals surface area (Å²) in [5.41, 5.74) is 3.87. The average molecular weight is 380 g/mol. The maximum Gasteiger partial charge on any atom is 0.315 e. The Morgan fingerprint density at radius 1 is 1.32 bits per heavy atom. The topological polar surface area (TPSA) is 44.4 Å². The van der Waals surface area contributed by atoms with Gasteiger partial charge in [-0.05, 0) is 66.9 Å². The highest BCUT2D eigenvalue weighted by Gasteiger charge is 2.22. The van der Waals surface area contributed by atoms with E-state index >= 15 is 0 Å². The van der Waals surface area contributed by atoms with Gasteiger partial charge in [-0.3, -0.25) is 0 Å². The van der Waals surface area contributed by atoms with E-state index in [2.05, 4.69) is 56.6 Å². The SMILES string of the molecule is CN(C)C(CNC(=O)NC1CCCc2ccccc21)c1ccsc1.Cl. The fourth-order valence-corrected chi connectivity index (χ4v) is 4.07. The van der Waals surface area contributed by atoms with Crippen molar-refractivity contribution in [3.63, 3.8) is 0 Å². The van der Waals surface area contributed by atoms with Crippen molar-refractivity contribution >= 4 is 29.8 Å². The highest BCUT2D eigenvalue weighted by Crippen LogP contribution is 2.29. The van der Waals surface area contributed by atoms with Gasteiger partial charge in [0.05, 0.1) is 12.1 Å². The molecule has 1 aromatic carbocycles. The first-order valence-corrected chi connectivity index (χ1v) is 9.40. The first kappa shape index (κ1) is 19.8. The molecule has 4 nitrogen and oxygen atoms in total. The van der Waals surface area contributed by atoms with E-state index in [4.69, 9.17) is 0 Å². The van der Waals surface area contributed by atoms with Gasteiger partial charge in [-0.15, -0.1) is 12.4 Å². The molecule has 1 aliphatic carbocycles. The number of nitrogens with one attached hydrogen (secondary N) is 2. The lowest BCUT2D eigenvalue weighted by Gasteiger charge is -2.28. The van der Waals surface area contributed by atoms with E-state index in [-0.39, 0.29) is 30.5 Å². The molecule has 0 bridgehead atoms. The van der Waals surface area contributed by atoms with Crippen molar-refractivity contribution in [3.05, 3.63) is 57.8 Å². The summed E-state index contributed by atoms with van der Waals surface area (Å²) in [4.78, 5) is 14.5. The van der Waals surface area contributed by atoms with Gasteiger partial charge in [0.15, 0.2) is 0 Å². The fourth-order valence-electron chi connectivity index (χ4n) is 3.37. The van der Waals surface area contributed by atoms with Crippen LogP contribution >= 0.6 is 23.7 Å². The summed E-state index contributed by atoms with van der Waals surface area (Å²) in [7, 11) is 4.08. The first-order valence-electron chi connectivity index (χ1n) is 8.46. The molecule has 1 aromatic heterocycles. The normalized spacial score (nSPS) is 17.3. The Hall–Kier alpha value is -1.56. The maximum absolute atomic E-state index is 12.4. The smallest absolute Gasteiger partial charge is 0.315 e. The van der Waals surface area contributed by atoms with Gasteiger partial charge in [-0.25, -0.2) is 4.79 Å². The van der Waals surface area contributed by atoms with Crippen LogP contribution in [0.25, 0.3) is 0 Å². The third-order valence-electron chi connectivity index (χ3n) is 4.68. The molecule has 2 amide bonds. The van der Waals surface area contributed by atoms with Crippen molar-refractivity contribution < 1.29 is 4.79 Å². The molecule has 2 atom stereocenters. The van der Waals surface area contributed by atoms with Gasteiger partial charge in [0.1, 0.15) is 0 Å². The molecule has 25 heavy (non-hydrogen) atoms. The second kappa shape index (κ2) is 9.22. The average Bonchev–Trinajstić information content (AvgIpc) is 3.09. The van der Waals surface area contributed by atoms with Crippen LogP contribution in [0.3, 0.4) is 0 Å². The van der Waals surface area contributed by atoms with E-state index in [9.17, 15) is 4.79 Å². The minimum Gasteiger partial charge on any atom is -0.336 e. The molecule has 1 heterocycles. The van der Waals surface area contributed by atoms with Crippen molar-refractivity contribution in [2.45, 2.75) is 31.3 Å². The summed E-state index contributed by atoms with van der Waals surface area (Å²) >= 11 is 1.69. The van der Waals surface area contributed by atoms with Crippen LogP contribution in [0.2, 0.25) is 0 Å². The second-order valence-electron chi connectivity index (χ2n) is 6.53. The van der Waals surface area contributed by atoms with Crippen molar-refractivity contribution in [2.75, 3.05) is 20.6 Å². The number of urea groups is 1. The van der Waals surface area contributed by atoms with Crippen molar-refractivity contribution in [3.8, 4) is 0 Å². The number of hydrogen-bond donors (Lipinski definition) is 2. The Morgan fingerprint density at radius 3 is 2.84 bits per heavy atom. The van der Waals surface area contributed by atoms with E-state index in [1.165, 1.54) is 16.7 Å². The van der Waals surface area contributed by atoms with Gasteiger partial charge in [0.2, 0.25) is 0 Å². The summed E-state index contributed by atoms with van der Waals surface area (Å²) in [5.74, 6) is 0. The van der Waals surface area contributed by atoms with Gasteiger partial charge in [0.25, 0.3) is 0 Å². The minimum atomic E-state index is -0.0845. The van der Waals surface area contributed by atoms with Crippen LogP contribution in [0, 0.1) is 0 Å². The number of carbonyl (C=O) groups excluding carboxylic acids is 1. The van der Waals surface area contributed by atoms with Crippen LogP contribution in [0.1, 0.15) is 41.6 Å². The molecule has 2 aromatic rings. The number of benzene rings is 1. The second-order valence-corrected chi connectivity index (χ2v) is 7.31. The number of rotatable bonds is 5. The molecule has 0 saturated carbocycles. The zero-order valence-electron chi connectivity index (χ0n) is 14.7. The predicted octanol–water partition coefficient (Wildman–Crippen LogP) is 4.15. The van der Waals surface area contributed by atoms with Gasteiger partial charge < -0.3 is 15.5 Å². The Balaban J connectivity index is 0.00000225. The van der Waals surface area contributed by atoms with Crippen molar-refractivity contribution in [1.29, 1.82) is 0 Å². The number of amides is 2. The lowest BCUT2D eigenvalue weighted by atomic mass is 9.88. The van der Waals surface area contributed by atoms with E-state index in [1.807, 2.05) is 14.1 Å². The highest BCUT2D eigenvalue weighted by atomic mass is 35.5. The van der Waals surface area contributed by atoms with Crippen molar-refractivity contribution in [2.24, 2.45) is 0 Å². The van der Waals surface area contributed by atoms with E-state index in [0.717, 1.165) is 19.3 Å². The number of hydrogen-bond acceptors (Lipinski definition) is 3. The molecule has 136 valence electrons. The lowest BCUT2D eigenvalue weighted by molar-refractivity contribution is 0.228. The summed E-state index contributed by atoms with van der Waals surface area (Å²) in [5, 5.41) is 10.4. The van der Waals surface area contributed by atoms with Crippen LogP contribution < -0.4 is 10.6 Å². The first-order chi connectivity index (χ1) is 11.6. The third-order valence-corrected chi connectivity index (χ3v) is 5.38. The molecular weight excluding hydrogens is 354 g/mol. The van der Waals surface area contributed by atoms with Crippen LogP contribution in [0.15, 0.2) is 41.1 Å².